The van der Waals surface area contributed by atoms with E-state index in [1.807, 2.05) is 13.0 Å². The lowest BCUT2D eigenvalue weighted by Gasteiger charge is -2.08. The van der Waals surface area contributed by atoms with Crippen LogP contribution >= 0.6 is 0 Å². The van der Waals surface area contributed by atoms with Gasteiger partial charge in [-0.15, -0.1) is 0 Å². The molecule has 0 aliphatic heterocycles. The highest BCUT2D eigenvalue weighted by Crippen LogP contribution is 2.14. The highest BCUT2D eigenvalue weighted by atomic mass is 16.5. The van der Waals surface area contributed by atoms with E-state index in [4.69, 9.17) is 15.1 Å². The van der Waals surface area contributed by atoms with E-state index in [2.05, 4.69) is 16.4 Å². The number of rotatable bonds is 7. The molecule has 0 saturated heterocycles. The first-order valence-corrected chi connectivity index (χ1v) is 5.57. The van der Waals surface area contributed by atoms with Crippen LogP contribution in [-0.2, 0) is 4.74 Å². The smallest absolute Gasteiger partial charge is 0.144 e. The predicted octanol–water partition coefficient (Wildman–Crippen LogP) is 1.07. The molecule has 0 spiro atoms. The van der Waals surface area contributed by atoms with Crippen LogP contribution in [0.15, 0.2) is 12.3 Å². The lowest BCUT2D eigenvalue weighted by molar-refractivity contribution is 0.0922. The summed E-state index contributed by atoms with van der Waals surface area (Å²) in [5.41, 5.74) is 1.50. The van der Waals surface area contributed by atoms with Gasteiger partial charge in [0.05, 0.1) is 18.8 Å². The first-order valence-electron chi connectivity index (χ1n) is 5.57. The van der Waals surface area contributed by atoms with E-state index >= 15 is 0 Å². The fraction of sp³-hybridized carbons (Fsp3) is 0.500. The van der Waals surface area contributed by atoms with Gasteiger partial charge >= 0.3 is 0 Å². The topological polar surface area (TPSA) is 78.2 Å². The van der Waals surface area contributed by atoms with E-state index in [9.17, 15) is 0 Å². The van der Waals surface area contributed by atoms with E-state index < -0.39 is 0 Å². The molecule has 5 heteroatoms. The van der Waals surface area contributed by atoms with Crippen LogP contribution in [0.4, 0.5) is 5.82 Å². The summed E-state index contributed by atoms with van der Waals surface area (Å²) in [5.74, 6) is 0.620. The van der Waals surface area contributed by atoms with Crippen molar-refractivity contribution in [3.05, 3.63) is 23.4 Å². The Labute approximate surface area is 101 Å². The van der Waals surface area contributed by atoms with Gasteiger partial charge in [-0.05, 0) is 25.0 Å². The Morgan fingerprint density at radius 3 is 3.06 bits per heavy atom. The molecule has 0 unspecified atom stereocenters. The molecule has 2 N–H and O–H groups in total. The minimum Gasteiger partial charge on any atom is -0.394 e. The van der Waals surface area contributed by atoms with Crippen LogP contribution in [0.25, 0.3) is 0 Å². The standard InChI is InChI=1S/C12H17N3O2/c1-10-3-5-15-12(11(10)9-13)14-4-2-7-17-8-6-16/h3,5,16H,2,4,6-8H2,1H3,(H,14,15). The van der Waals surface area contributed by atoms with E-state index in [0.29, 0.717) is 31.1 Å². The van der Waals surface area contributed by atoms with Crippen LogP contribution in [-0.4, -0.2) is 36.5 Å². The third kappa shape index (κ3) is 4.39. The molecule has 0 bridgehead atoms. The monoisotopic (exact) mass is 235 g/mol. The lowest BCUT2D eigenvalue weighted by Crippen LogP contribution is -2.09. The molecule has 17 heavy (non-hydrogen) atoms. The number of hydrogen-bond acceptors (Lipinski definition) is 5. The van der Waals surface area contributed by atoms with Crippen molar-refractivity contribution >= 4 is 5.82 Å². The van der Waals surface area contributed by atoms with Crippen molar-refractivity contribution in [1.82, 2.24) is 4.98 Å². The van der Waals surface area contributed by atoms with Crippen LogP contribution in [0.2, 0.25) is 0 Å². The van der Waals surface area contributed by atoms with Crippen LogP contribution < -0.4 is 5.32 Å². The van der Waals surface area contributed by atoms with E-state index in [1.54, 1.807) is 6.20 Å². The minimum absolute atomic E-state index is 0.0471. The van der Waals surface area contributed by atoms with Gasteiger partial charge in [-0.1, -0.05) is 0 Å². The van der Waals surface area contributed by atoms with Gasteiger partial charge in [0.15, 0.2) is 0 Å². The van der Waals surface area contributed by atoms with Gasteiger partial charge in [0.25, 0.3) is 0 Å². The van der Waals surface area contributed by atoms with Crippen molar-refractivity contribution in [2.45, 2.75) is 13.3 Å². The predicted molar refractivity (Wildman–Crippen MR) is 64.7 cm³/mol. The fourth-order valence-electron chi connectivity index (χ4n) is 1.38. The Hall–Kier alpha value is -1.64. The van der Waals surface area contributed by atoms with Crippen molar-refractivity contribution in [1.29, 1.82) is 5.26 Å². The SMILES string of the molecule is Cc1ccnc(NCCCOCCO)c1C#N. The Balaban J connectivity index is 2.37. The number of aliphatic hydroxyl groups is 1. The second kappa shape index (κ2) is 7.60. The molecule has 1 aromatic heterocycles. The van der Waals surface area contributed by atoms with Crippen LogP contribution in [0.3, 0.4) is 0 Å². The number of aliphatic hydroxyl groups excluding tert-OH is 1. The highest BCUT2D eigenvalue weighted by molar-refractivity contribution is 5.55. The summed E-state index contributed by atoms with van der Waals surface area (Å²) in [4.78, 5) is 4.13. The number of nitriles is 1. The molecule has 1 aromatic rings. The quantitative estimate of drug-likeness (QED) is 0.691. The highest BCUT2D eigenvalue weighted by Gasteiger charge is 2.04. The van der Waals surface area contributed by atoms with Gasteiger partial charge in [-0.3, -0.25) is 0 Å². The van der Waals surface area contributed by atoms with Crippen molar-refractivity contribution in [2.24, 2.45) is 0 Å². The van der Waals surface area contributed by atoms with Gasteiger partial charge in [-0.25, -0.2) is 4.98 Å². The lowest BCUT2D eigenvalue weighted by atomic mass is 10.1. The summed E-state index contributed by atoms with van der Waals surface area (Å²) < 4.78 is 5.13. The number of pyridine rings is 1. The molecule has 92 valence electrons. The molecule has 0 aliphatic carbocycles. The third-order valence-corrected chi connectivity index (χ3v) is 2.26. The average molecular weight is 235 g/mol. The minimum atomic E-state index is 0.0471. The maximum atomic E-state index is 8.99. The molecule has 1 rings (SSSR count). The third-order valence-electron chi connectivity index (χ3n) is 2.26. The van der Waals surface area contributed by atoms with Gasteiger partial charge in [0, 0.05) is 19.3 Å². The second-order valence-electron chi connectivity index (χ2n) is 3.58. The summed E-state index contributed by atoms with van der Waals surface area (Å²) in [6, 6.07) is 3.95. The molecule has 0 atom stereocenters. The van der Waals surface area contributed by atoms with Gasteiger partial charge in [0.1, 0.15) is 11.9 Å². The van der Waals surface area contributed by atoms with Crippen molar-refractivity contribution in [3.63, 3.8) is 0 Å². The number of aryl methyl sites for hydroxylation is 1. The van der Waals surface area contributed by atoms with E-state index in [-0.39, 0.29) is 6.61 Å². The molecule has 0 radical (unpaired) electrons. The molecule has 0 aliphatic rings. The molecular formula is C12H17N3O2. The molecule has 0 saturated carbocycles. The average Bonchev–Trinajstić information content (AvgIpc) is 2.34. The maximum absolute atomic E-state index is 8.99. The molecule has 5 nitrogen and oxygen atoms in total. The summed E-state index contributed by atoms with van der Waals surface area (Å²) in [6.45, 7) is 3.57. The first kappa shape index (κ1) is 13.4. The Kier molecular flexibility index (Phi) is 6.00. The largest absolute Gasteiger partial charge is 0.394 e. The molecular weight excluding hydrogens is 218 g/mol. The number of anilines is 1. The van der Waals surface area contributed by atoms with E-state index in [0.717, 1.165) is 12.0 Å². The Bertz CT molecular complexity index is 388. The van der Waals surface area contributed by atoms with Crippen molar-refractivity contribution < 1.29 is 9.84 Å². The zero-order chi connectivity index (χ0) is 12.5. The summed E-state index contributed by atoms with van der Waals surface area (Å²) in [7, 11) is 0. The normalized spacial score (nSPS) is 9.94. The number of nitrogens with zero attached hydrogens (tertiary/aromatic N) is 2. The number of hydrogen-bond donors (Lipinski definition) is 2. The number of nitrogens with one attached hydrogen (secondary N) is 1. The maximum Gasteiger partial charge on any atom is 0.144 e. The molecule has 0 aromatic carbocycles. The fourth-order valence-corrected chi connectivity index (χ4v) is 1.38. The zero-order valence-electron chi connectivity index (χ0n) is 9.94. The van der Waals surface area contributed by atoms with Crippen molar-refractivity contribution in [2.75, 3.05) is 31.7 Å². The van der Waals surface area contributed by atoms with Crippen LogP contribution in [0.1, 0.15) is 17.5 Å². The zero-order valence-corrected chi connectivity index (χ0v) is 9.94. The van der Waals surface area contributed by atoms with Crippen LogP contribution in [0.5, 0.6) is 0 Å². The van der Waals surface area contributed by atoms with Crippen LogP contribution in [0, 0.1) is 18.3 Å². The molecule has 0 amide bonds. The summed E-state index contributed by atoms with van der Waals surface area (Å²) >= 11 is 0. The van der Waals surface area contributed by atoms with E-state index in [1.165, 1.54) is 0 Å². The molecule has 1 heterocycles. The first-order chi connectivity index (χ1) is 8.29. The number of ether oxygens (including phenoxy) is 1. The summed E-state index contributed by atoms with van der Waals surface area (Å²) in [6.07, 6.45) is 2.49. The summed E-state index contributed by atoms with van der Waals surface area (Å²) in [5, 5.41) is 20.6. The van der Waals surface area contributed by atoms with Gasteiger partial charge < -0.3 is 15.2 Å². The van der Waals surface area contributed by atoms with Crippen molar-refractivity contribution in [3.8, 4) is 6.07 Å². The Morgan fingerprint density at radius 2 is 2.35 bits per heavy atom. The second-order valence-corrected chi connectivity index (χ2v) is 3.58. The Morgan fingerprint density at radius 1 is 1.53 bits per heavy atom. The number of aromatic nitrogens is 1. The van der Waals surface area contributed by atoms with Gasteiger partial charge in [0.2, 0.25) is 0 Å². The molecule has 0 fully saturated rings. The van der Waals surface area contributed by atoms with Gasteiger partial charge in [-0.2, -0.15) is 5.26 Å².